The molecule has 0 atom stereocenters. The van der Waals surface area contributed by atoms with Gasteiger partial charge in [0.15, 0.2) is 5.82 Å². The highest BCUT2D eigenvalue weighted by atomic mass is 16.2. The number of aromatic nitrogens is 2. The summed E-state index contributed by atoms with van der Waals surface area (Å²) in [6, 6.07) is 10.2. The number of amides is 1. The fourth-order valence-electron chi connectivity index (χ4n) is 4.22. The number of fused-ring (bicyclic) bond motifs is 1. The fraction of sp³-hybridized carbons (Fsp3) is 0.522. The Bertz CT molecular complexity index is 849. The molecular weight excluding hydrogens is 348 g/mol. The van der Waals surface area contributed by atoms with E-state index in [2.05, 4.69) is 22.3 Å². The number of benzene rings is 1. The predicted octanol–water partition coefficient (Wildman–Crippen LogP) is 3.76. The van der Waals surface area contributed by atoms with Crippen molar-refractivity contribution >= 4 is 11.7 Å². The van der Waals surface area contributed by atoms with E-state index in [1.54, 1.807) is 0 Å². The van der Waals surface area contributed by atoms with Crippen LogP contribution in [0.15, 0.2) is 30.3 Å². The maximum Gasteiger partial charge on any atom is 0.223 e. The minimum Gasteiger partial charge on any atom is -0.356 e. The molecule has 0 radical (unpaired) electrons. The molecule has 4 rings (SSSR count). The van der Waals surface area contributed by atoms with Crippen molar-refractivity contribution in [1.82, 2.24) is 15.3 Å². The van der Waals surface area contributed by atoms with E-state index in [1.165, 1.54) is 11.3 Å². The molecule has 1 fully saturated rings. The Hall–Kier alpha value is -2.43. The number of hydrogen-bond acceptors (Lipinski definition) is 4. The lowest BCUT2D eigenvalue weighted by Crippen LogP contribution is -2.47. The van der Waals surface area contributed by atoms with Gasteiger partial charge in [0.25, 0.3) is 0 Å². The molecule has 2 aromatic rings. The van der Waals surface area contributed by atoms with Crippen LogP contribution in [0.1, 0.15) is 51.3 Å². The van der Waals surface area contributed by atoms with Gasteiger partial charge in [-0.25, -0.2) is 9.97 Å². The number of hydrogen-bond donors (Lipinski definition) is 1. The lowest BCUT2D eigenvalue weighted by atomic mass is 9.94. The van der Waals surface area contributed by atoms with Crippen LogP contribution in [0, 0.1) is 5.92 Å². The molecular formula is C23H30N4O. The van der Waals surface area contributed by atoms with E-state index >= 15 is 0 Å². The fourth-order valence-corrected chi connectivity index (χ4v) is 4.22. The van der Waals surface area contributed by atoms with Gasteiger partial charge in [-0.05, 0) is 52.9 Å². The van der Waals surface area contributed by atoms with Gasteiger partial charge in [-0.2, -0.15) is 0 Å². The van der Waals surface area contributed by atoms with E-state index in [4.69, 9.17) is 9.97 Å². The summed E-state index contributed by atoms with van der Waals surface area (Å²) in [6.45, 7) is 7.86. The van der Waals surface area contributed by atoms with Crippen molar-refractivity contribution in [2.45, 2.75) is 58.4 Å². The summed E-state index contributed by atoms with van der Waals surface area (Å²) in [4.78, 5) is 24.7. The number of piperidine rings is 1. The van der Waals surface area contributed by atoms with E-state index in [0.29, 0.717) is 0 Å². The quantitative estimate of drug-likeness (QED) is 0.883. The molecule has 2 aliphatic rings. The topological polar surface area (TPSA) is 58.1 Å². The Balaban J connectivity index is 1.54. The Morgan fingerprint density at radius 1 is 1.07 bits per heavy atom. The monoisotopic (exact) mass is 378 g/mol. The number of carbonyl (C=O) groups excluding carboxylic acids is 1. The first-order valence-electron chi connectivity index (χ1n) is 10.4. The second kappa shape index (κ2) is 7.53. The maximum atomic E-state index is 12.5. The van der Waals surface area contributed by atoms with Gasteiger partial charge in [-0.3, -0.25) is 4.79 Å². The average Bonchev–Trinajstić information content (AvgIpc) is 3.15. The number of aryl methyl sites for hydroxylation is 1. The van der Waals surface area contributed by atoms with Crippen LogP contribution < -0.4 is 10.2 Å². The van der Waals surface area contributed by atoms with E-state index < -0.39 is 0 Å². The summed E-state index contributed by atoms with van der Waals surface area (Å²) in [5.41, 5.74) is 3.42. The SMILES string of the molecule is CC(C)(C)NC(=O)C1CCN(c2nc(-c3ccccc3)nc3c2CCC3)CC1. The smallest absolute Gasteiger partial charge is 0.223 e. The van der Waals surface area contributed by atoms with Gasteiger partial charge in [0.05, 0.1) is 0 Å². The first-order valence-corrected chi connectivity index (χ1v) is 10.4. The zero-order valence-corrected chi connectivity index (χ0v) is 17.2. The number of nitrogens with one attached hydrogen (secondary N) is 1. The van der Waals surface area contributed by atoms with Gasteiger partial charge in [-0.1, -0.05) is 30.3 Å². The van der Waals surface area contributed by atoms with E-state index in [9.17, 15) is 4.79 Å². The van der Waals surface area contributed by atoms with Crippen molar-refractivity contribution in [2.24, 2.45) is 5.92 Å². The Kier molecular flexibility index (Phi) is 5.09. The molecule has 1 aliphatic carbocycles. The van der Waals surface area contributed by atoms with Gasteiger partial charge < -0.3 is 10.2 Å². The molecule has 1 N–H and O–H groups in total. The van der Waals surface area contributed by atoms with Crippen LogP contribution in [0.3, 0.4) is 0 Å². The van der Waals surface area contributed by atoms with E-state index in [0.717, 1.165) is 62.4 Å². The number of carbonyl (C=O) groups is 1. The molecule has 0 bridgehead atoms. The zero-order chi connectivity index (χ0) is 19.7. The van der Waals surface area contributed by atoms with Crippen LogP contribution in [-0.4, -0.2) is 34.5 Å². The molecule has 5 nitrogen and oxygen atoms in total. The van der Waals surface area contributed by atoms with E-state index in [1.807, 2.05) is 39.0 Å². The summed E-state index contributed by atoms with van der Waals surface area (Å²) < 4.78 is 0. The van der Waals surface area contributed by atoms with Crippen molar-refractivity contribution < 1.29 is 4.79 Å². The van der Waals surface area contributed by atoms with Crippen molar-refractivity contribution in [1.29, 1.82) is 0 Å². The molecule has 28 heavy (non-hydrogen) atoms. The molecule has 1 aliphatic heterocycles. The summed E-state index contributed by atoms with van der Waals surface area (Å²) in [6.07, 6.45) is 5.00. The maximum absolute atomic E-state index is 12.5. The third-order valence-electron chi connectivity index (χ3n) is 5.61. The van der Waals surface area contributed by atoms with Crippen LogP contribution in [-0.2, 0) is 17.6 Å². The highest BCUT2D eigenvalue weighted by Gasteiger charge is 2.30. The summed E-state index contributed by atoms with van der Waals surface area (Å²) in [5, 5.41) is 3.13. The molecule has 0 spiro atoms. The lowest BCUT2D eigenvalue weighted by molar-refractivity contribution is -0.127. The average molecular weight is 379 g/mol. The minimum atomic E-state index is -0.174. The van der Waals surface area contributed by atoms with Gasteiger partial charge in [0.2, 0.25) is 5.91 Å². The van der Waals surface area contributed by atoms with Crippen molar-refractivity contribution in [3.63, 3.8) is 0 Å². The lowest BCUT2D eigenvalue weighted by Gasteiger charge is -2.34. The first kappa shape index (κ1) is 18.9. The number of rotatable bonds is 3. The summed E-state index contributed by atoms with van der Waals surface area (Å²) >= 11 is 0. The first-order chi connectivity index (χ1) is 13.4. The zero-order valence-electron chi connectivity index (χ0n) is 17.2. The molecule has 1 aromatic heterocycles. The second-order valence-electron chi connectivity index (χ2n) is 9.02. The standard InChI is InChI=1S/C23H30N4O/c1-23(2,3)26-22(28)17-12-14-27(15-13-17)21-18-10-7-11-19(18)24-20(25-21)16-8-5-4-6-9-16/h4-6,8-9,17H,7,10-15H2,1-3H3,(H,26,28). The second-order valence-corrected chi connectivity index (χ2v) is 9.02. The summed E-state index contributed by atoms with van der Waals surface area (Å²) in [7, 11) is 0. The highest BCUT2D eigenvalue weighted by molar-refractivity contribution is 5.79. The Morgan fingerprint density at radius 3 is 2.46 bits per heavy atom. The van der Waals surface area contributed by atoms with E-state index in [-0.39, 0.29) is 17.4 Å². The predicted molar refractivity (Wildman–Crippen MR) is 112 cm³/mol. The van der Waals surface area contributed by atoms with Crippen LogP contribution in [0.25, 0.3) is 11.4 Å². The van der Waals surface area contributed by atoms with Crippen molar-refractivity contribution in [3.8, 4) is 11.4 Å². The van der Waals surface area contributed by atoms with Gasteiger partial charge >= 0.3 is 0 Å². The third-order valence-corrected chi connectivity index (χ3v) is 5.61. The molecule has 148 valence electrons. The normalized spacial score (nSPS) is 17.5. The number of nitrogens with zero attached hydrogens (tertiary/aromatic N) is 3. The Labute approximate surface area is 167 Å². The highest BCUT2D eigenvalue weighted by Crippen LogP contribution is 2.33. The molecule has 1 saturated heterocycles. The Morgan fingerprint density at radius 2 is 1.79 bits per heavy atom. The molecule has 5 heteroatoms. The largest absolute Gasteiger partial charge is 0.356 e. The van der Waals surface area contributed by atoms with Gasteiger partial charge in [-0.15, -0.1) is 0 Å². The third kappa shape index (κ3) is 4.03. The summed E-state index contributed by atoms with van der Waals surface area (Å²) in [5.74, 6) is 2.20. The van der Waals surface area contributed by atoms with Crippen LogP contribution in [0.5, 0.6) is 0 Å². The molecule has 1 aromatic carbocycles. The number of anilines is 1. The van der Waals surface area contributed by atoms with Crippen molar-refractivity contribution in [2.75, 3.05) is 18.0 Å². The van der Waals surface area contributed by atoms with Crippen LogP contribution >= 0.6 is 0 Å². The van der Waals surface area contributed by atoms with Gasteiger partial charge in [0.1, 0.15) is 5.82 Å². The van der Waals surface area contributed by atoms with Gasteiger partial charge in [0, 0.05) is 41.4 Å². The van der Waals surface area contributed by atoms with Crippen molar-refractivity contribution in [3.05, 3.63) is 41.6 Å². The molecule has 2 heterocycles. The minimum absolute atomic E-state index is 0.0963. The van der Waals surface area contributed by atoms with Crippen LogP contribution in [0.2, 0.25) is 0 Å². The molecule has 0 unspecified atom stereocenters. The van der Waals surface area contributed by atoms with Crippen LogP contribution in [0.4, 0.5) is 5.82 Å². The molecule has 1 amide bonds. The molecule has 0 saturated carbocycles.